The van der Waals surface area contributed by atoms with Crippen molar-refractivity contribution < 1.29 is 4.79 Å². The van der Waals surface area contributed by atoms with Gasteiger partial charge in [-0.25, -0.2) is 9.97 Å². The summed E-state index contributed by atoms with van der Waals surface area (Å²) in [6.45, 7) is 10.4. The highest BCUT2D eigenvalue weighted by atomic mass is 16.1. The number of piperazine rings is 1. The van der Waals surface area contributed by atoms with Crippen molar-refractivity contribution in [2.45, 2.75) is 33.6 Å². The largest absolute Gasteiger partial charge is 0.369 e. The molecule has 6 heteroatoms. The number of aryl methyl sites for hydroxylation is 3. The first kappa shape index (κ1) is 21.2. The molecule has 0 aliphatic carbocycles. The normalized spacial score (nSPS) is 14.8. The third-order valence-corrected chi connectivity index (χ3v) is 6.08. The molecular formula is C25H31N5O. The van der Waals surface area contributed by atoms with Crippen LogP contribution in [0.5, 0.6) is 0 Å². The maximum atomic E-state index is 12.9. The fraction of sp³-hybridized carbons (Fsp3) is 0.400. The zero-order valence-corrected chi connectivity index (χ0v) is 18.9. The van der Waals surface area contributed by atoms with Crippen LogP contribution in [0.3, 0.4) is 0 Å². The Bertz CT molecular complexity index is 1100. The summed E-state index contributed by atoms with van der Waals surface area (Å²) in [6.07, 6.45) is 1.69. The molecule has 0 saturated carbocycles. The lowest BCUT2D eigenvalue weighted by Crippen LogP contribution is -2.44. The molecule has 1 aromatic heterocycles. The van der Waals surface area contributed by atoms with E-state index in [4.69, 9.17) is 9.97 Å². The van der Waals surface area contributed by atoms with E-state index in [1.807, 2.05) is 31.2 Å². The van der Waals surface area contributed by atoms with Crippen molar-refractivity contribution in [2.75, 3.05) is 43.4 Å². The lowest BCUT2D eigenvalue weighted by atomic mass is 10.1. The SMILES string of the molecule is CCc1nc2ccc(C(=O)Nc3ccc(N4CCN(C)CC4)cc3C)cc2nc1CC. The van der Waals surface area contributed by atoms with E-state index in [1.165, 1.54) is 5.69 Å². The van der Waals surface area contributed by atoms with Crippen LogP contribution in [0.2, 0.25) is 0 Å². The number of anilines is 2. The van der Waals surface area contributed by atoms with Crippen LogP contribution < -0.4 is 10.2 Å². The monoisotopic (exact) mass is 417 g/mol. The molecule has 1 saturated heterocycles. The lowest BCUT2D eigenvalue weighted by molar-refractivity contribution is 0.102. The molecule has 0 bridgehead atoms. The molecule has 0 atom stereocenters. The van der Waals surface area contributed by atoms with Gasteiger partial charge in [0.25, 0.3) is 5.91 Å². The second-order valence-corrected chi connectivity index (χ2v) is 8.27. The smallest absolute Gasteiger partial charge is 0.255 e. The van der Waals surface area contributed by atoms with Crippen LogP contribution in [-0.4, -0.2) is 54.0 Å². The number of amides is 1. The van der Waals surface area contributed by atoms with Gasteiger partial charge in [0, 0.05) is 43.1 Å². The zero-order valence-electron chi connectivity index (χ0n) is 18.9. The van der Waals surface area contributed by atoms with Crippen molar-refractivity contribution >= 4 is 28.3 Å². The van der Waals surface area contributed by atoms with Crippen molar-refractivity contribution in [3.8, 4) is 0 Å². The fourth-order valence-corrected chi connectivity index (χ4v) is 4.08. The maximum Gasteiger partial charge on any atom is 0.255 e. The summed E-state index contributed by atoms with van der Waals surface area (Å²) in [7, 11) is 2.16. The van der Waals surface area contributed by atoms with Gasteiger partial charge in [0.15, 0.2) is 0 Å². The molecule has 2 aromatic carbocycles. The Kier molecular flexibility index (Phi) is 6.18. The number of aromatic nitrogens is 2. The van der Waals surface area contributed by atoms with Crippen LogP contribution >= 0.6 is 0 Å². The Morgan fingerprint density at radius 2 is 1.61 bits per heavy atom. The highest BCUT2D eigenvalue weighted by molar-refractivity contribution is 6.06. The van der Waals surface area contributed by atoms with Gasteiger partial charge in [-0.15, -0.1) is 0 Å². The van der Waals surface area contributed by atoms with Gasteiger partial charge in [-0.1, -0.05) is 13.8 Å². The number of nitrogens with one attached hydrogen (secondary N) is 1. The average molecular weight is 418 g/mol. The number of benzene rings is 2. The van der Waals surface area contributed by atoms with Crippen molar-refractivity contribution in [3.05, 3.63) is 58.9 Å². The molecule has 0 radical (unpaired) electrons. The summed E-state index contributed by atoms with van der Waals surface area (Å²) in [5.41, 5.74) is 7.34. The van der Waals surface area contributed by atoms with Crippen LogP contribution in [0, 0.1) is 6.92 Å². The molecule has 1 amide bonds. The zero-order chi connectivity index (χ0) is 22.0. The maximum absolute atomic E-state index is 12.9. The number of fused-ring (bicyclic) bond motifs is 1. The van der Waals surface area contributed by atoms with Crippen molar-refractivity contribution in [1.82, 2.24) is 14.9 Å². The third-order valence-electron chi connectivity index (χ3n) is 6.08. The van der Waals surface area contributed by atoms with Gasteiger partial charge in [0.1, 0.15) is 0 Å². The first-order valence-electron chi connectivity index (χ1n) is 11.1. The molecule has 0 spiro atoms. The quantitative estimate of drug-likeness (QED) is 0.678. The first-order valence-corrected chi connectivity index (χ1v) is 11.1. The van der Waals surface area contributed by atoms with Crippen molar-refractivity contribution in [2.24, 2.45) is 0 Å². The van der Waals surface area contributed by atoms with Crippen LogP contribution in [0.15, 0.2) is 36.4 Å². The van der Waals surface area contributed by atoms with E-state index in [2.05, 4.69) is 48.1 Å². The highest BCUT2D eigenvalue weighted by Crippen LogP contribution is 2.24. The van der Waals surface area contributed by atoms with Gasteiger partial charge in [0.2, 0.25) is 0 Å². The van der Waals surface area contributed by atoms with E-state index in [1.54, 1.807) is 0 Å². The predicted molar refractivity (Wildman–Crippen MR) is 127 cm³/mol. The topological polar surface area (TPSA) is 61.4 Å². The van der Waals surface area contributed by atoms with Crippen LogP contribution in [0.25, 0.3) is 11.0 Å². The first-order chi connectivity index (χ1) is 15.0. The van der Waals surface area contributed by atoms with Gasteiger partial charge in [0.05, 0.1) is 22.4 Å². The summed E-state index contributed by atoms with van der Waals surface area (Å²) in [6, 6.07) is 11.8. The molecule has 3 aromatic rings. The number of rotatable bonds is 5. The molecule has 1 aliphatic rings. The minimum absolute atomic E-state index is 0.128. The second kappa shape index (κ2) is 9.02. The minimum atomic E-state index is -0.128. The number of carbonyl (C=O) groups excluding carboxylic acids is 1. The Labute approximate surface area is 184 Å². The molecule has 1 N–H and O–H groups in total. The van der Waals surface area contributed by atoms with E-state index in [0.717, 1.165) is 72.7 Å². The highest BCUT2D eigenvalue weighted by Gasteiger charge is 2.16. The molecule has 1 fully saturated rings. The van der Waals surface area contributed by atoms with E-state index in [9.17, 15) is 4.79 Å². The summed E-state index contributed by atoms with van der Waals surface area (Å²) in [5.74, 6) is -0.128. The summed E-state index contributed by atoms with van der Waals surface area (Å²) >= 11 is 0. The van der Waals surface area contributed by atoms with Gasteiger partial charge >= 0.3 is 0 Å². The summed E-state index contributed by atoms with van der Waals surface area (Å²) < 4.78 is 0. The molecule has 6 nitrogen and oxygen atoms in total. The molecule has 162 valence electrons. The average Bonchev–Trinajstić information content (AvgIpc) is 2.79. The van der Waals surface area contributed by atoms with E-state index in [0.29, 0.717) is 5.56 Å². The second-order valence-electron chi connectivity index (χ2n) is 8.27. The number of hydrogen-bond donors (Lipinski definition) is 1. The van der Waals surface area contributed by atoms with E-state index < -0.39 is 0 Å². The lowest BCUT2D eigenvalue weighted by Gasteiger charge is -2.34. The van der Waals surface area contributed by atoms with E-state index >= 15 is 0 Å². The van der Waals surface area contributed by atoms with Crippen LogP contribution in [-0.2, 0) is 12.8 Å². The standard InChI is InChI=1S/C25H31N5O/c1-5-20-21(6-2)27-24-16-18(7-9-23(24)26-20)25(31)28-22-10-8-19(15-17(22)3)30-13-11-29(4)12-14-30/h7-10,15-16H,5-6,11-14H2,1-4H3,(H,28,31). The van der Waals surface area contributed by atoms with Crippen molar-refractivity contribution in [3.63, 3.8) is 0 Å². The Morgan fingerprint density at radius 3 is 2.26 bits per heavy atom. The molecule has 2 heterocycles. The van der Waals surface area contributed by atoms with Crippen molar-refractivity contribution in [1.29, 1.82) is 0 Å². The Balaban J connectivity index is 1.53. The molecule has 1 aliphatic heterocycles. The number of hydrogen-bond acceptors (Lipinski definition) is 5. The summed E-state index contributed by atoms with van der Waals surface area (Å²) in [4.78, 5) is 27.1. The van der Waals surface area contributed by atoms with Gasteiger partial charge in [-0.3, -0.25) is 4.79 Å². The van der Waals surface area contributed by atoms with Gasteiger partial charge in [-0.2, -0.15) is 0 Å². The summed E-state index contributed by atoms with van der Waals surface area (Å²) in [5, 5.41) is 3.07. The number of likely N-dealkylation sites (N-methyl/N-ethyl adjacent to an activating group) is 1. The number of carbonyl (C=O) groups is 1. The van der Waals surface area contributed by atoms with Gasteiger partial charge in [-0.05, 0) is 68.8 Å². The fourth-order valence-electron chi connectivity index (χ4n) is 4.08. The van der Waals surface area contributed by atoms with E-state index in [-0.39, 0.29) is 5.91 Å². The Hall–Kier alpha value is -2.99. The van der Waals surface area contributed by atoms with Gasteiger partial charge < -0.3 is 15.1 Å². The van der Waals surface area contributed by atoms with Crippen LogP contribution in [0.1, 0.15) is 41.2 Å². The predicted octanol–water partition coefficient (Wildman–Crippen LogP) is 4.07. The van der Waals surface area contributed by atoms with Crippen LogP contribution in [0.4, 0.5) is 11.4 Å². The third kappa shape index (κ3) is 4.54. The molecular weight excluding hydrogens is 386 g/mol. The molecule has 0 unspecified atom stereocenters. The Morgan fingerprint density at radius 1 is 0.935 bits per heavy atom. The molecule has 31 heavy (non-hydrogen) atoms. The molecule has 4 rings (SSSR count). The minimum Gasteiger partial charge on any atom is -0.369 e. The number of nitrogens with zero attached hydrogens (tertiary/aromatic N) is 4.